The van der Waals surface area contributed by atoms with Gasteiger partial charge >= 0.3 is 6.36 Å². The van der Waals surface area contributed by atoms with Crippen molar-refractivity contribution in [3.8, 4) is 11.5 Å². The number of ether oxygens (including phenoxy) is 2. The smallest absolute Gasteiger partial charge is 0.497 e. The number of methoxy groups -OCH3 is 1. The number of rotatable bonds is 9. The minimum atomic E-state index is -4.74. The molecule has 1 N–H and O–H groups in total. The SMILES string of the molecule is COc1cccc(CNCCC2CCC(=O)N2Cc2cccc(OC(F)(F)F)c2)c1. The Morgan fingerprint density at radius 3 is 2.53 bits per heavy atom. The van der Waals surface area contributed by atoms with Gasteiger partial charge in [0.15, 0.2) is 0 Å². The Hall–Kier alpha value is -2.74. The minimum absolute atomic E-state index is 0.0231. The van der Waals surface area contributed by atoms with Crippen LogP contribution in [0.5, 0.6) is 11.5 Å². The number of likely N-dealkylation sites (tertiary alicyclic amines) is 1. The Labute approximate surface area is 173 Å². The van der Waals surface area contributed by atoms with E-state index < -0.39 is 6.36 Å². The molecule has 1 fully saturated rings. The lowest BCUT2D eigenvalue weighted by Gasteiger charge is -2.25. The molecule has 30 heavy (non-hydrogen) atoms. The summed E-state index contributed by atoms with van der Waals surface area (Å²) in [5.74, 6) is 0.552. The molecule has 0 bridgehead atoms. The highest BCUT2D eigenvalue weighted by Gasteiger charge is 2.32. The van der Waals surface area contributed by atoms with Crippen molar-refractivity contribution in [3.05, 3.63) is 59.7 Å². The Morgan fingerprint density at radius 1 is 1.10 bits per heavy atom. The number of nitrogens with zero attached hydrogens (tertiary/aromatic N) is 1. The molecule has 1 aliphatic heterocycles. The van der Waals surface area contributed by atoms with Crippen LogP contribution in [0.25, 0.3) is 0 Å². The highest BCUT2D eigenvalue weighted by molar-refractivity contribution is 5.78. The molecule has 0 radical (unpaired) electrons. The number of alkyl halides is 3. The minimum Gasteiger partial charge on any atom is -0.497 e. The molecule has 1 amide bonds. The molecule has 1 aliphatic rings. The van der Waals surface area contributed by atoms with Crippen LogP contribution < -0.4 is 14.8 Å². The summed E-state index contributed by atoms with van der Waals surface area (Å²) in [6.07, 6.45) is -2.76. The van der Waals surface area contributed by atoms with Crippen LogP contribution in [0, 0.1) is 0 Å². The van der Waals surface area contributed by atoms with Gasteiger partial charge in [-0.15, -0.1) is 13.2 Å². The number of benzene rings is 2. The zero-order valence-corrected chi connectivity index (χ0v) is 16.7. The van der Waals surface area contributed by atoms with Gasteiger partial charge < -0.3 is 19.7 Å². The second-order valence-corrected chi connectivity index (χ2v) is 7.23. The van der Waals surface area contributed by atoms with Gasteiger partial charge in [-0.2, -0.15) is 0 Å². The first-order chi connectivity index (χ1) is 14.3. The van der Waals surface area contributed by atoms with E-state index in [1.807, 2.05) is 24.3 Å². The maximum absolute atomic E-state index is 12.4. The fraction of sp³-hybridized carbons (Fsp3) is 0.409. The molecule has 0 aliphatic carbocycles. The second-order valence-electron chi connectivity index (χ2n) is 7.23. The number of amides is 1. The van der Waals surface area contributed by atoms with Crippen LogP contribution in [0.2, 0.25) is 0 Å². The Balaban J connectivity index is 1.52. The highest BCUT2D eigenvalue weighted by Crippen LogP contribution is 2.27. The second kappa shape index (κ2) is 9.84. The maximum atomic E-state index is 12.4. The van der Waals surface area contributed by atoms with Crippen molar-refractivity contribution in [1.29, 1.82) is 0 Å². The predicted octanol–water partition coefficient (Wildman–Crippen LogP) is 4.26. The van der Waals surface area contributed by atoms with E-state index in [4.69, 9.17) is 4.74 Å². The Bertz CT molecular complexity index is 858. The lowest BCUT2D eigenvalue weighted by Crippen LogP contribution is -2.34. The number of carbonyl (C=O) groups excluding carboxylic acids is 1. The third kappa shape index (κ3) is 6.38. The largest absolute Gasteiger partial charge is 0.573 e. The lowest BCUT2D eigenvalue weighted by atomic mass is 10.1. The van der Waals surface area contributed by atoms with Gasteiger partial charge in [0.05, 0.1) is 7.11 Å². The van der Waals surface area contributed by atoms with Crippen molar-refractivity contribution in [2.45, 2.75) is 44.8 Å². The van der Waals surface area contributed by atoms with Gasteiger partial charge in [-0.3, -0.25) is 4.79 Å². The van der Waals surface area contributed by atoms with Crippen LogP contribution >= 0.6 is 0 Å². The van der Waals surface area contributed by atoms with Crippen molar-refractivity contribution in [1.82, 2.24) is 10.2 Å². The van der Waals surface area contributed by atoms with E-state index in [1.54, 1.807) is 18.1 Å². The van der Waals surface area contributed by atoms with Gasteiger partial charge in [-0.05, 0) is 54.8 Å². The molecular weight excluding hydrogens is 397 g/mol. The molecule has 0 aromatic heterocycles. The van der Waals surface area contributed by atoms with E-state index in [1.165, 1.54) is 18.2 Å². The van der Waals surface area contributed by atoms with E-state index in [9.17, 15) is 18.0 Å². The van der Waals surface area contributed by atoms with Crippen molar-refractivity contribution in [3.63, 3.8) is 0 Å². The van der Waals surface area contributed by atoms with E-state index in [-0.39, 0.29) is 24.2 Å². The molecule has 2 aromatic rings. The van der Waals surface area contributed by atoms with Gasteiger partial charge in [-0.25, -0.2) is 0 Å². The first kappa shape index (κ1) is 22.0. The van der Waals surface area contributed by atoms with Crippen molar-refractivity contribution in [2.75, 3.05) is 13.7 Å². The van der Waals surface area contributed by atoms with Gasteiger partial charge in [0.2, 0.25) is 5.91 Å². The van der Waals surface area contributed by atoms with Crippen LogP contribution in [0.3, 0.4) is 0 Å². The molecule has 5 nitrogen and oxygen atoms in total. The number of hydrogen-bond acceptors (Lipinski definition) is 4. The molecule has 2 aromatic carbocycles. The number of nitrogens with one attached hydrogen (secondary N) is 1. The van der Waals surface area contributed by atoms with Gasteiger partial charge in [0.25, 0.3) is 0 Å². The summed E-state index contributed by atoms with van der Waals surface area (Å²) in [6.45, 7) is 1.69. The summed E-state index contributed by atoms with van der Waals surface area (Å²) in [6, 6.07) is 13.6. The first-order valence-corrected chi connectivity index (χ1v) is 9.82. The van der Waals surface area contributed by atoms with Gasteiger partial charge in [0.1, 0.15) is 11.5 Å². The summed E-state index contributed by atoms with van der Waals surface area (Å²) < 4.78 is 46.5. The van der Waals surface area contributed by atoms with Gasteiger partial charge in [0, 0.05) is 25.6 Å². The highest BCUT2D eigenvalue weighted by atomic mass is 19.4. The summed E-state index contributed by atoms with van der Waals surface area (Å²) in [4.78, 5) is 14.1. The van der Waals surface area contributed by atoms with Crippen molar-refractivity contribution < 1.29 is 27.4 Å². The fourth-order valence-corrected chi connectivity index (χ4v) is 3.63. The van der Waals surface area contributed by atoms with E-state index in [0.717, 1.165) is 30.7 Å². The van der Waals surface area contributed by atoms with Crippen LogP contribution in [0.15, 0.2) is 48.5 Å². The third-order valence-electron chi connectivity index (χ3n) is 5.06. The summed E-state index contributed by atoms with van der Waals surface area (Å²) in [5.41, 5.74) is 1.72. The first-order valence-electron chi connectivity index (χ1n) is 9.82. The molecule has 8 heteroatoms. The molecule has 1 heterocycles. The molecule has 1 atom stereocenters. The van der Waals surface area contributed by atoms with Gasteiger partial charge in [-0.1, -0.05) is 24.3 Å². The fourth-order valence-electron chi connectivity index (χ4n) is 3.63. The van der Waals surface area contributed by atoms with E-state index in [2.05, 4.69) is 10.1 Å². The van der Waals surface area contributed by atoms with Crippen LogP contribution in [-0.4, -0.2) is 36.9 Å². The molecule has 0 saturated carbocycles. The maximum Gasteiger partial charge on any atom is 0.573 e. The molecule has 1 saturated heterocycles. The molecular formula is C22H25F3N2O3. The summed E-state index contributed by atoms with van der Waals surface area (Å²) in [5, 5.41) is 3.38. The predicted molar refractivity (Wildman–Crippen MR) is 106 cm³/mol. The normalized spacial score (nSPS) is 16.7. The summed E-state index contributed by atoms with van der Waals surface area (Å²) in [7, 11) is 1.63. The Morgan fingerprint density at radius 2 is 1.80 bits per heavy atom. The summed E-state index contributed by atoms with van der Waals surface area (Å²) >= 11 is 0. The lowest BCUT2D eigenvalue weighted by molar-refractivity contribution is -0.274. The standard InChI is InChI=1S/C22H25F3N2O3/c1-29-19-6-2-4-16(12-19)14-26-11-10-18-8-9-21(28)27(18)15-17-5-3-7-20(13-17)30-22(23,24)25/h2-7,12-13,18,26H,8-11,14-15H2,1H3. The monoisotopic (exact) mass is 422 g/mol. The molecule has 0 spiro atoms. The molecule has 162 valence electrons. The topological polar surface area (TPSA) is 50.8 Å². The van der Waals surface area contributed by atoms with Crippen LogP contribution in [0.4, 0.5) is 13.2 Å². The molecule has 1 unspecified atom stereocenters. The van der Waals surface area contributed by atoms with Crippen LogP contribution in [0.1, 0.15) is 30.4 Å². The average Bonchev–Trinajstić information content (AvgIpc) is 3.04. The Kier molecular flexibility index (Phi) is 7.20. The number of halogens is 3. The van der Waals surface area contributed by atoms with Crippen LogP contribution in [-0.2, 0) is 17.9 Å². The quantitative estimate of drug-likeness (QED) is 0.614. The van der Waals surface area contributed by atoms with E-state index in [0.29, 0.717) is 18.5 Å². The molecule has 3 rings (SSSR count). The van der Waals surface area contributed by atoms with E-state index >= 15 is 0 Å². The number of hydrogen-bond donors (Lipinski definition) is 1. The van der Waals surface area contributed by atoms with Crippen molar-refractivity contribution >= 4 is 5.91 Å². The zero-order chi connectivity index (χ0) is 21.6. The number of carbonyl (C=O) groups is 1. The zero-order valence-electron chi connectivity index (χ0n) is 16.7. The average molecular weight is 422 g/mol. The third-order valence-corrected chi connectivity index (χ3v) is 5.06. The van der Waals surface area contributed by atoms with Crippen molar-refractivity contribution in [2.24, 2.45) is 0 Å².